The molecule has 1 atom stereocenters. The standard InChI is InChI=1S/C11H21N3/c1-10-6-7-11(9-12-13-10)5-4-8-14(2)3/h9,11H,4-8H2,1-3H3. The van der Waals surface area contributed by atoms with Gasteiger partial charge >= 0.3 is 0 Å². The Morgan fingerprint density at radius 2 is 2.29 bits per heavy atom. The molecule has 14 heavy (non-hydrogen) atoms. The van der Waals surface area contributed by atoms with Crippen LogP contribution >= 0.6 is 0 Å². The van der Waals surface area contributed by atoms with Crippen molar-refractivity contribution in [2.75, 3.05) is 20.6 Å². The number of hydrogen-bond acceptors (Lipinski definition) is 3. The monoisotopic (exact) mass is 195 g/mol. The molecule has 0 fully saturated rings. The SMILES string of the molecule is CC1=NN=CC(CCCN(C)C)CC1. The van der Waals surface area contributed by atoms with Crippen LogP contribution in [0.2, 0.25) is 0 Å². The summed E-state index contributed by atoms with van der Waals surface area (Å²) in [6.07, 6.45) is 6.83. The molecule has 0 radical (unpaired) electrons. The normalized spacial score (nSPS) is 22.3. The van der Waals surface area contributed by atoms with Crippen molar-refractivity contribution in [2.45, 2.75) is 32.6 Å². The van der Waals surface area contributed by atoms with E-state index in [1.165, 1.54) is 25.8 Å². The molecule has 0 saturated carbocycles. The van der Waals surface area contributed by atoms with E-state index in [-0.39, 0.29) is 0 Å². The van der Waals surface area contributed by atoms with Crippen LogP contribution in [-0.2, 0) is 0 Å². The summed E-state index contributed by atoms with van der Waals surface area (Å²) in [7, 11) is 4.24. The summed E-state index contributed by atoms with van der Waals surface area (Å²) in [5.41, 5.74) is 1.16. The fourth-order valence-electron chi connectivity index (χ4n) is 1.63. The van der Waals surface area contributed by atoms with Gasteiger partial charge in [0.05, 0.1) is 0 Å². The Balaban J connectivity index is 2.20. The van der Waals surface area contributed by atoms with Crippen LogP contribution in [0.4, 0.5) is 0 Å². The predicted octanol–water partition coefficient (Wildman–Crippen LogP) is 2.18. The maximum absolute atomic E-state index is 4.09. The lowest BCUT2D eigenvalue weighted by Gasteiger charge is -2.12. The topological polar surface area (TPSA) is 28.0 Å². The maximum Gasteiger partial charge on any atom is 0.0375 e. The lowest BCUT2D eigenvalue weighted by atomic mass is 9.98. The zero-order chi connectivity index (χ0) is 10.4. The first-order valence-corrected chi connectivity index (χ1v) is 5.40. The summed E-state index contributed by atoms with van der Waals surface area (Å²) in [6, 6.07) is 0. The van der Waals surface area contributed by atoms with Crippen molar-refractivity contribution >= 4 is 11.9 Å². The molecule has 1 aliphatic heterocycles. The molecule has 0 bridgehead atoms. The highest BCUT2D eigenvalue weighted by atomic mass is 15.2. The van der Waals surface area contributed by atoms with Gasteiger partial charge in [0.25, 0.3) is 0 Å². The lowest BCUT2D eigenvalue weighted by molar-refractivity contribution is 0.382. The van der Waals surface area contributed by atoms with E-state index in [0.717, 1.165) is 12.1 Å². The Morgan fingerprint density at radius 3 is 3.00 bits per heavy atom. The van der Waals surface area contributed by atoms with E-state index < -0.39 is 0 Å². The summed E-state index contributed by atoms with van der Waals surface area (Å²) in [5, 5.41) is 8.17. The molecule has 0 N–H and O–H groups in total. The summed E-state index contributed by atoms with van der Waals surface area (Å²) in [6.45, 7) is 3.23. The van der Waals surface area contributed by atoms with Crippen LogP contribution in [0.1, 0.15) is 32.6 Å². The number of rotatable bonds is 4. The third-order valence-electron chi connectivity index (χ3n) is 2.56. The molecule has 0 aromatic heterocycles. The Morgan fingerprint density at radius 1 is 1.50 bits per heavy atom. The largest absolute Gasteiger partial charge is 0.309 e. The minimum absolute atomic E-state index is 0.635. The van der Waals surface area contributed by atoms with Crippen molar-refractivity contribution < 1.29 is 0 Å². The Kier molecular flexibility index (Phi) is 4.80. The first-order chi connectivity index (χ1) is 6.68. The van der Waals surface area contributed by atoms with Gasteiger partial charge in [-0.2, -0.15) is 10.2 Å². The van der Waals surface area contributed by atoms with Gasteiger partial charge in [-0.25, -0.2) is 0 Å². The Hall–Kier alpha value is -0.700. The number of hydrogen-bond donors (Lipinski definition) is 0. The van der Waals surface area contributed by atoms with Gasteiger partial charge in [-0.15, -0.1) is 0 Å². The van der Waals surface area contributed by atoms with E-state index in [0.29, 0.717) is 5.92 Å². The van der Waals surface area contributed by atoms with Gasteiger partial charge in [0, 0.05) is 11.9 Å². The molecule has 1 rings (SSSR count). The van der Waals surface area contributed by atoms with E-state index in [1.807, 2.05) is 6.21 Å². The summed E-state index contributed by atoms with van der Waals surface area (Å²) in [4.78, 5) is 2.23. The first kappa shape index (κ1) is 11.4. The van der Waals surface area contributed by atoms with Crippen LogP contribution in [0.3, 0.4) is 0 Å². The van der Waals surface area contributed by atoms with Gasteiger partial charge in [0.2, 0.25) is 0 Å². The zero-order valence-corrected chi connectivity index (χ0v) is 9.53. The fourth-order valence-corrected chi connectivity index (χ4v) is 1.63. The van der Waals surface area contributed by atoms with Crippen LogP contribution in [0.25, 0.3) is 0 Å². The van der Waals surface area contributed by atoms with Crippen molar-refractivity contribution in [2.24, 2.45) is 16.1 Å². The molecule has 80 valence electrons. The van der Waals surface area contributed by atoms with Crippen molar-refractivity contribution in [3.8, 4) is 0 Å². The van der Waals surface area contributed by atoms with E-state index in [4.69, 9.17) is 0 Å². The predicted molar refractivity (Wildman–Crippen MR) is 62.1 cm³/mol. The van der Waals surface area contributed by atoms with Gasteiger partial charge in [0.1, 0.15) is 0 Å². The third kappa shape index (κ3) is 4.51. The van der Waals surface area contributed by atoms with Crippen molar-refractivity contribution in [1.82, 2.24) is 4.90 Å². The van der Waals surface area contributed by atoms with E-state index in [2.05, 4.69) is 36.1 Å². The smallest absolute Gasteiger partial charge is 0.0375 e. The van der Waals surface area contributed by atoms with Crippen molar-refractivity contribution in [3.05, 3.63) is 0 Å². The summed E-state index contributed by atoms with van der Waals surface area (Å²) in [5.74, 6) is 0.635. The molecule has 0 spiro atoms. The second-order valence-corrected chi connectivity index (χ2v) is 4.34. The molecule has 1 heterocycles. The fraction of sp³-hybridized carbons (Fsp3) is 0.818. The quantitative estimate of drug-likeness (QED) is 0.675. The van der Waals surface area contributed by atoms with Crippen LogP contribution < -0.4 is 0 Å². The molecular weight excluding hydrogens is 174 g/mol. The minimum Gasteiger partial charge on any atom is -0.309 e. The molecule has 3 heteroatoms. The minimum atomic E-state index is 0.635. The average molecular weight is 195 g/mol. The summed E-state index contributed by atoms with van der Waals surface area (Å²) < 4.78 is 0. The molecule has 0 aromatic rings. The molecule has 3 nitrogen and oxygen atoms in total. The van der Waals surface area contributed by atoms with Crippen LogP contribution in [0.5, 0.6) is 0 Å². The second-order valence-electron chi connectivity index (χ2n) is 4.34. The average Bonchev–Trinajstić information content (AvgIpc) is 2.30. The van der Waals surface area contributed by atoms with Gasteiger partial charge in [-0.1, -0.05) is 0 Å². The molecule has 0 aromatic carbocycles. The maximum atomic E-state index is 4.09. The highest BCUT2D eigenvalue weighted by molar-refractivity contribution is 5.83. The molecule has 1 aliphatic rings. The molecule has 0 aliphatic carbocycles. The first-order valence-electron chi connectivity index (χ1n) is 5.40. The van der Waals surface area contributed by atoms with E-state index in [1.54, 1.807) is 0 Å². The van der Waals surface area contributed by atoms with Crippen molar-refractivity contribution in [3.63, 3.8) is 0 Å². The lowest BCUT2D eigenvalue weighted by Crippen LogP contribution is -2.14. The highest BCUT2D eigenvalue weighted by Gasteiger charge is 2.09. The molecule has 0 saturated heterocycles. The van der Waals surface area contributed by atoms with Crippen LogP contribution in [0, 0.1) is 5.92 Å². The van der Waals surface area contributed by atoms with Gasteiger partial charge in [-0.3, -0.25) is 0 Å². The highest BCUT2D eigenvalue weighted by Crippen LogP contribution is 2.14. The number of nitrogens with zero attached hydrogens (tertiary/aromatic N) is 3. The Bertz CT molecular complexity index is 219. The van der Waals surface area contributed by atoms with Gasteiger partial charge < -0.3 is 4.90 Å². The van der Waals surface area contributed by atoms with E-state index >= 15 is 0 Å². The third-order valence-corrected chi connectivity index (χ3v) is 2.56. The molecular formula is C11H21N3. The Labute approximate surface area is 86.9 Å². The van der Waals surface area contributed by atoms with Crippen LogP contribution in [-0.4, -0.2) is 37.5 Å². The second kappa shape index (κ2) is 5.91. The van der Waals surface area contributed by atoms with Gasteiger partial charge in [-0.05, 0) is 59.2 Å². The summed E-state index contributed by atoms with van der Waals surface area (Å²) >= 11 is 0. The zero-order valence-electron chi connectivity index (χ0n) is 9.53. The molecule has 1 unspecified atom stereocenters. The van der Waals surface area contributed by atoms with Crippen molar-refractivity contribution in [1.29, 1.82) is 0 Å². The van der Waals surface area contributed by atoms with Gasteiger partial charge in [0.15, 0.2) is 0 Å². The van der Waals surface area contributed by atoms with Crippen LogP contribution in [0.15, 0.2) is 10.2 Å². The van der Waals surface area contributed by atoms with E-state index in [9.17, 15) is 0 Å². The molecule has 0 amide bonds.